The molecule has 0 N–H and O–H groups in total. The third kappa shape index (κ3) is 4.65. The third-order valence-electron chi connectivity index (χ3n) is 2.21. The number of halogens is 1. The first-order chi connectivity index (χ1) is 8.04. The van der Waals surface area contributed by atoms with E-state index in [2.05, 4.69) is 41.8 Å². The van der Waals surface area contributed by atoms with Crippen LogP contribution < -0.4 is 4.90 Å². The van der Waals surface area contributed by atoms with Crippen molar-refractivity contribution in [1.29, 1.82) is 0 Å². The maximum atomic E-state index is 11.1. The second kappa shape index (κ2) is 6.98. The Balaban J connectivity index is 0.000000249. The normalized spacial score (nSPS) is 14.6. The maximum Gasteiger partial charge on any atom is 0.415 e. The number of carbonyl (C=O) groups is 1. The fourth-order valence-electron chi connectivity index (χ4n) is 1.04. The van der Waals surface area contributed by atoms with Crippen LogP contribution in [0.25, 0.3) is 0 Å². The van der Waals surface area contributed by atoms with Gasteiger partial charge in [-0.25, -0.2) is 4.79 Å². The highest BCUT2D eigenvalue weighted by Gasteiger charge is 2.24. The summed E-state index contributed by atoms with van der Waals surface area (Å²) in [5.74, 6) is 0. The van der Waals surface area contributed by atoms with Gasteiger partial charge in [0.2, 0.25) is 0 Å². The monoisotopic (exact) mass is 320 g/mol. The molecule has 96 valence electrons. The lowest BCUT2D eigenvalue weighted by molar-refractivity contribution is 0.181. The van der Waals surface area contributed by atoms with Gasteiger partial charge in [0.05, 0.1) is 6.54 Å². The number of hydrogen-bond donors (Lipinski definition) is 0. The van der Waals surface area contributed by atoms with Crippen LogP contribution in [0.4, 0.5) is 9.80 Å². The second-order valence-corrected chi connectivity index (χ2v) is 5.57. The topological polar surface area (TPSA) is 32.8 Å². The molecule has 1 amide bonds. The predicted molar refractivity (Wildman–Crippen MR) is 74.9 cm³/mol. The average molecular weight is 321 g/mol. The number of carbonyl (C=O) groups excluding carboxylic acids is 1. The van der Waals surface area contributed by atoms with E-state index in [-0.39, 0.29) is 6.09 Å². The molecule has 0 atom stereocenters. The van der Waals surface area contributed by atoms with Gasteiger partial charge >= 0.3 is 6.09 Å². The van der Waals surface area contributed by atoms with Crippen LogP contribution in [0.2, 0.25) is 0 Å². The Morgan fingerprint density at radius 2 is 2.24 bits per heavy atom. The molecule has 2 heterocycles. The van der Waals surface area contributed by atoms with Gasteiger partial charge in [-0.15, -0.1) is 11.3 Å². The van der Waals surface area contributed by atoms with Crippen LogP contribution in [0.15, 0.2) is 15.9 Å². The summed E-state index contributed by atoms with van der Waals surface area (Å²) in [5, 5.41) is 2.88. The molecule has 1 saturated heterocycles. The first-order valence-electron chi connectivity index (χ1n) is 5.37. The molecule has 0 unspecified atom stereocenters. The van der Waals surface area contributed by atoms with E-state index in [4.69, 9.17) is 4.74 Å². The zero-order valence-electron chi connectivity index (χ0n) is 10.3. The fourth-order valence-corrected chi connectivity index (χ4v) is 2.48. The Bertz CT molecular complexity index is 368. The minimum Gasteiger partial charge on any atom is -0.447 e. The molecule has 2 rings (SSSR count). The van der Waals surface area contributed by atoms with E-state index < -0.39 is 0 Å². The van der Waals surface area contributed by atoms with Gasteiger partial charge in [0, 0.05) is 9.85 Å². The molecular weight excluding hydrogens is 304 g/mol. The van der Waals surface area contributed by atoms with Crippen molar-refractivity contribution in [1.82, 2.24) is 4.90 Å². The quantitative estimate of drug-likeness (QED) is 0.839. The van der Waals surface area contributed by atoms with E-state index in [1.807, 2.05) is 11.4 Å². The summed E-state index contributed by atoms with van der Waals surface area (Å²) in [5.41, 5.74) is 0. The van der Waals surface area contributed by atoms with Gasteiger partial charge in [-0.2, -0.15) is 0 Å². The fraction of sp³-hybridized carbons (Fsp3) is 0.545. The summed E-state index contributed by atoms with van der Waals surface area (Å²) >= 11 is 4.86. The van der Waals surface area contributed by atoms with Crippen LogP contribution in [-0.2, 0) is 4.74 Å². The smallest absolute Gasteiger partial charge is 0.415 e. The number of rotatable bonds is 2. The van der Waals surface area contributed by atoms with Crippen molar-refractivity contribution in [2.45, 2.75) is 6.92 Å². The SMILES string of the molecule is CCN(C)C.O=C1OCCN1c1cc(Br)cs1. The lowest BCUT2D eigenvalue weighted by atomic mass is 10.5. The van der Waals surface area contributed by atoms with Crippen LogP contribution in [0, 0.1) is 0 Å². The standard InChI is InChI=1S/C7H6BrNO2S.C4H11N/c8-5-3-6(12-4-5)9-1-2-11-7(9)10;1-4-5(2)3/h3-4H,1-2H2;4H2,1-3H3. The highest BCUT2D eigenvalue weighted by atomic mass is 79.9. The van der Waals surface area contributed by atoms with Crippen LogP contribution in [-0.4, -0.2) is 44.8 Å². The highest BCUT2D eigenvalue weighted by Crippen LogP contribution is 2.29. The second-order valence-electron chi connectivity index (χ2n) is 3.77. The van der Waals surface area contributed by atoms with Crippen molar-refractivity contribution in [2.75, 3.05) is 38.7 Å². The zero-order chi connectivity index (χ0) is 12.8. The summed E-state index contributed by atoms with van der Waals surface area (Å²) < 4.78 is 5.81. The van der Waals surface area contributed by atoms with Crippen LogP contribution >= 0.6 is 27.3 Å². The van der Waals surface area contributed by atoms with Crippen LogP contribution in [0.1, 0.15) is 6.92 Å². The number of nitrogens with zero attached hydrogens (tertiary/aromatic N) is 2. The average Bonchev–Trinajstić information content (AvgIpc) is 2.87. The van der Waals surface area contributed by atoms with E-state index in [1.54, 1.807) is 4.90 Å². The van der Waals surface area contributed by atoms with Gasteiger partial charge in [-0.3, -0.25) is 4.90 Å². The molecule has 17 heavy (non-hydrogen) atoms. The van der Waals surface area contributed by atoms with E-state index in [9.17, 15) is 4.79 Å². The van der Waals surface area contributed by atoms with Crippen molar-refractivity contribution in [3.8, 4) is 0 Å². The van der Waals surface area contributed by atoms with Crippen molar-refractivity contribution in [3.05, 3.63) is 15.9 Å². The van der Waals surface area contributed by atoms with Gasteiger partial charge in [-0.1, -0.05) is 6.92 Å². The number of cyclic esters (lactones) is 1. The minimum absolute atomic E-state index is 0.246. The molecule has 1 aliphatic heterocycles. The lowest BCUT2D eigenvalue weighted by Crippen LogP contribution is -2.21. The summed E-state index contributed by atoms with van der Waals surface area (Å²) in [6.07, 6.45) is -0.246. The summed E-state index contributed by atoms with van der Waals surface area (Å²) in [6.45, 7) is 4.42. The van der Waals surface area contributed by atoms with E-state index in [0.29, 0.717) is 13.2 Å². The van der Waals surface area contributed by atoms with Crippen molar-refractivity contribution in [3.63, 3.8) is 0 Å². The number of hydrogen-bond acceptors (Lipinski definition) is 4. The number of anilines is 1. The third-order valence-corrected chi connectivity index (χ3v) is 3.93. The minimum atomic E-state index is -0.246. The number of amides is 1. The molecule has 1 aromatic heterocycles. The van der Waals surface area contributed by atoms with Crippen molar-refractivity contribution in [2.24, 2.45) is 0 Å². The molecule has 1 fully saturated rings. The summed E-state index contributed by atoms with van der Waals surface area (Å²) in [7, 11) is 4.11. The van der Waals surface area contributed by atoms with Gasteiger partial charge in [0.1, 0.15) is 11.6 Å². The van der Waals surface area contributed by atoms with E-state index >= 15 is 0 Å². The highest BCUT2D eigenvalue weighted by molar-refractivity contribution is 9.10. The molecule has 0 radical (unpaired) electrons. The molecule has 4 nitrogen and oxygen atoms in total. The Hall–Kier alpha value is -0.590. The molecule has 0 saturated carbocycles. The molecule has 1 aromatic rings. The Morgan fingerprint density at radius 1 is 1.59 bits per heavy atom. The van der Waals surface area contributed by atoms with Crippen molar-refractivity contribution >= 4 is 38.4 Å². The summed E-state index contributed by atoms with van der Waals surface area (Å²) in [6, 6.07) is 1.91. The molecule has 1 aliphatic rings. The lowest BCUT2D eigenvalue weighted by Gasteiger charge is -2.07. The molecule has 0 spiro atoms. The maximum absolute atomic E-state index is 11.1. The van der Waals surface area contributed by atoms with Crippen LogP contribution in [0.3, 0.4) is 0 Å². The molecular formula is C11H17BrN2O2S. The molecule has 0 aliphatic carbocycles. The number of ether oxygens (including phenoxy) is 1. The zero-order valence-corrected chi connectivity index (χ0v) is 12.7. The number of thiophene rings is 1. The van der Waals surface area contributed by atoms with E-state index in [1.165, 1.54) is 11.3 Å². The van der Waals surface area contributed by atoms with Gasteiger partial charge in [0.15, 0.2) is 0 Å². The van der Waals surface area contributed by atoms with Crippen molar-refractivity contribution < 1.29 is 9.53 Å². The van der Waals surface area contributed by atoms with Gasteiger partial charge in [-0.05, 0) is 42.6 Å². The predicted octanol–water partition coefficient (Wildman–Crippen LogP) is 3.04. The first-order valence-corrected chi connectivity index (χ1v) is 7.05. The summed E-state index contributed by atoms with van der Waals surface area (Å²) in [4.78, 5) is 14.8. The molecule has 0 bridgehead atoms. The Kier molecular flexibility index (Phi) is 5.94. The Labute approximate surface area is 114 Å². The molecule has 6 heteroatoms. The van der Waals surface area contributed by atoms with Crippen LogP contribution in [0.5, 0.6) is 0 Å². The largest absolute Gasteiger partial charge is 0.447 e. The van der Waals surface area contributed by atoms with E-state index in [0.717, 1.165) is 16.0 Å². The Morgan fingerprint density at radius 3 is 2.59 bits per heavy atom. The van der Waals surface area contributed by atoms with Gasteiger partial charge in [0.25, 0.3) is 0 Å². The first kappa shape index (κ1) is 14.5. The molecule has 0 aromatic carbocycles. The van der Waals surface area contributed by atoms with Gasteiger partial charge < -0.3 is 9.64 Å².